The molecule has 0 bridgehead atoms. The van der Waals surface area contributed by atoms with E-state index in [1.807, 2.05) is 23.9 Å². The van der Waals surface area contributed by atoms with E-state index in [0.717, 1.165) is 36.5 Å². The smallest absolute Gasteiger partial charge is 0.271 e. The van der Waals surface area contributed by atoms with Gasteiger partial charge < -0.3 is 9.47 Å². The summed E-state index contributed by atoms with van der Waals surface area (Å²) in [5.74, 6) is 3.55. The van der Waals surface area contributed by atoms with Crippen LogP contribution in [0.2, 0.25) is 0 Å². The molecule has 2 aromatic carbocycles. The first kappa shape index (κ1) is 20.2. The minimum atomic E-state index is -0.283. The minimum Gasteiger partial charge on any atom is -0.497 e. The Labute approximate surface area is 169 Å². The molecule has 0 aliphatic carbocycles. The number of carbonyl (C=O) groups excluding carboxylic acids is 1. The highest BCUT2D eigenvalue weighted by Crippen LogP contribution is 2.22. The van der Waals surface area contributed by atoms with Gasteiger partial charge in [0.2, 0.25) is 0 Å². The van der Waals surface area contributed by atoms with E-state index >= 15 is 0 Å². The Kier molecular flexibility index (Phi) is 7.33. The third-order valence-corrected chi connectivity index (χ3v) is 5.46. The molecule has 1 fully saturated rings. The highest BCUT2D eigenvalue weighted by molar-refractivity contribution is 7.99. The molecule has 0 radical (unpaired) electrons. The van der Waals surface area contributed by atoms with Crippen molar-refractivity contribution in [1.82, 2.24) is 10.3 Å². The third kappa shape index (κ3) is 5.50. The topological polar surface area (TPSA) is 63.2 Å². The molecule has 0 unspecified atom stereocenters. The lowest BCUT2D eigenvalue weighted by Crippen LogP contribution is -2.32. The zero-order valence-electron chi connectivity index (χ0n) is 16.2. The van der Waals surface area contributed by atoms with E-state index in [1.54, 1.807) is 44.7 Å². The van der Waals surface area contributed by atoms with Crippen LogP contribution < -0.4 is 14.9 Å². The van der Waals surface area contributed by atoms with Gasteiger partial charge in [0.25, 0.3) is 5.91 Å². The summed E-state index contributed by atoms with van der Waals surface area (Å²) in [6.45, 7) is 3.02. The van der Waals surface area contributed by atoms with Gasteiger partial charge in [-0.2, -0.15) is 16.9 Å². The van der Waals surface area contributed by atoms with Gasteiger partial charge in [0.1, 0.15) is 11.5 Å². The van der Waals surface area contributed by atoms with Crippen LogP contribution in [0, 0.1) is 0 Å². The van der Waals surface area contributed by atoms with Gasteiger partial charge in [0.05, 0.1) is 20.4 Å². The number of amides is 1. The molecule has 1 aliphatic rings. The molecule has 7 heteroatoms. The normalized spacial score (nSPS) is 14.8. The number of ether oxygens (including phenoxy) is 2. The van der Waals surface area contributed by atoms with Crippen molar-refractivity contribution < 1.29 is 14.3 Å². The zero-order valence-corrected chi connectivity index (χ0v) is 17.0. The van der Waals surface area contributed by atoms with E-state index in [-0.39, 0.29) is 5.91 Å². The van der Waals surface area contributed by atoms with Crippen molar-refractivity contribution in [1.29, 1.82) is 0 Å². The van der Waals surface area contributed by atoms with Gasteiger partial charge in [-0.15, -0.1) is 0 Å². The molecular weight excluding hydrogens is 374 g/mol. The van der Waals surface area contributed by atoms with Crippen molar-refractivity contribution in [2.45, 2.75) is 6.54 Å². The van der Waals surface area contributed by atoms with Crippen LogP contribution in [0.5, 0.6) is 11.5 Å². The van der Waals surface area contributed by atoms with Gasteiger partial charge in [-0.25, -0.2) is 5.43 Å². The average molecular weight is 400 g/mol. The van der Waals surface area contributed by atoms with Crippen molar-refractivity contribution in [3.8, 4) is 11.5 Å². The molecule has 0 spiro atoms. The fourth-order valence-electron chi connectivity index (χ4n) is 3.00. The largest absolute Gasteiger partial charge is 0.497 e. The second-order valence-electron chi connectivity index (χ2n) is 6.39. The molecule has 1 heterocycles. The van der Waals surface area contributed by atoms with E-state index in [2.05, 4.69) is 21.5 Å². The van der Waals surface area contributed by atoms with E-state index in [1.165, 1.54) is 11.5 Å². The molecule has 1 aliphatic heterocycles. The number of nitrogens with zero attached hydrogens (tertiary/aromatic N) is 2. The first-order valence-corrected chi connectivity index (χ1v) is 10.3. The fraction of sp³-hybridized carbons (Fsp3) is 0.333. The molecule has 1 amide bonds. The Morgan fingerprint density at radius 3 is 2.75 bits per heavy atom. The van der Waals surface area contributed by atoms with Gasteiger partial charge >= 0.3 is 0 Å². The summed E-state index contributed by atoms with van der Waals surface area (Å²) in [5.41, 5.74) is 5.09. The van der Waals surface area contributed by atoms with Crippen molar-refractivity contribution in [3.05, 3.63) is 59.2 Å². The number of carbonyl (C=O) groups is 1. The Bertz CT molecular complexity index is 835. The maximum atomic E-state index is 12.2. The summed E-state index contributed by atoms with van der Waals surface area (Å²) in [6, 6.07) is 12.9. The summed E-state index contributed by atoms with van der Waals surface area (Å²) in [4.78, 5) is 14.7. The van der Waals surface area contributed by atoms with Gasteiger partial charge in [-0.05, 0) is 42.0 Å². The van der Waals surface area contributed by atoms with Crippen molar-refractivity contribution in [2.24, 2.45) is 5.10 Å². The molecule has 0 aromatic heterocycles. The van der Waals surface area contributed by atoms with Crippen LogP contribution >= 0.6 is 11.8 Å². The maximum absolute atomic E-state index is 12.2. The molecule has 0 saturated carbocycles. The molecule has 148 valence electrons. The highest BCUT2D eigenvalue weighted by atomic mass is 32.2. The molecule has 0 atom stereocenters. The number of benzene rings is 2. The van der Waals surface area contributed by atoms with E-state index < -0.39 is 0 Å². The Balaban J connectivity index is 1.65. The molecule has 1 N–H and O–H groups in total. The highest BCUT2D eigenvalue weighted by Gasteiger charge is 2.13. The number of hydrogen-bond donors (Lipinski definition) is 1. The monoisotopic (exact) mass is 399 g/mol. The lowest BCUT2D eigenvalue weighted by molar-refractivity contribution is 0.0955. The maximum Gasteiger partial charge on any atom is 0.271 e. The van der Waals surface area contributed by atoms with E-state index in [4.69, 9.17) is 9.47 Å². The zero-order chi connectivity index (χ0) is 19.8. The summed E-state index contributed by atoms with van der Waals surface area (Å²) in [7, 11) is 3.26. The van der Waals surface area contributed by atoms with Crippen molar-refractivity contribution in [3.63, 3.8) is 0 Å². The van der Waals surface area contributed by atoms with Gasteiger partial charge in [0.15, 0.2) is 0 Å². The van der Waals surface area contributed by atoms with Gasteiger partial charge in [-0.3, -0.25) is 9.69 Å². The first-order valence-electron chi connectivity index (χ1n) is 9.14. The Hall–Kier alpha value is -2.51. The fourth-order valence-corrected chi connectivity index (χ4v) is 3.98. The van der Waals surface area contributed by atoms with Crippen molar-refractivity contribution >= 4 is 23.9 Å². The number of nitrogens with one attached hydrogen (secondary N) is 1. The summed E-state index contributed by atoms with van der Waals surface area (Å²) >= 11 is 1.99. The predicted octanol–water partition coefficient (Wildman–Crippen LogP) is 3.02. The van der Waals surface area contributed by atoms with Crippen LogP contribution in [0.3, 0.4) is 0 Å². The third-order valence-electron chi connectivity index (χ3n) is 4.51. The number of rotatable bonds is 7. The number of hydrogen-bond acceptors (Lipinski definition) is 6. The molecule has 1 saturated heterocycles. The van der Waals surface area contributed by atoms with Crippen LogP contribution in [-0.4, -0.2) is 55.8 Å². The molecule has 28 heavy (non-hydrogen) atoms. The van der Waals surface area contributed by atoms with Gasteiger partial charge in [-0.1, -0.05) is 6.07 Å². The lowest BCUT2D eigenvalue weighted by Gasteiger charge is -2.26. The van der Waals surface area contributed by atoms with Crippen LogP contribution in [0.4, 0.5) is 0 Å². The van der Waals surface area contributed by atoms with Crippen LogP contribution in [-0.2, 0) is 6.54 Å². The number of hydrazone groups is 1. The van der Waals surface area contributed by atoms with E-state index in [0.29, 0.717) is 11.3 Å². The lowest BCUT2D eigenvalue weighted by atomic mass is 10.1. The number of methoxy groups -OCH3 is 2. The van der Waals surface area contributed by atoms with Crippen LogP contribution in [0.25, 0.3) is 0 Å². The number of thioether (sulfide) groups is 1. The Morgan fingerprint density at radius 1 is 1.18 bits per heavy atom. The molecule has 2 aromatic rings. The molecule has 3 rings (SSSR count). The second-order valence-corrected chi connectivity index (χ2v) is 7.62. The minimum absolute atomic E-state index is 0.283. The molecule has 6 nitrogen and oxygen atoms in total. The second kappa shape index (κ2) is 10.1. The van der Waals surface area contributed by atoms with Gasteiger partial charge in [0, 0.05) is 42.3 Å². The van der Waals surface area contributed by atoms with E-state index in [9.17, 15) is 4.79 Å². The summed E-state index contributed by atoms with van der Waals surface area (Å²) in [6.07, 6.45) is 1.65. The standard InChI is InChI=1S/C21H25N3O3S/c1-26-19-5-3-4-17(13-19)21(25)23-22-14-16-6-7-20(27-2)18(12-16)15-24-8-10-28-11-9-24/h3-7,12-14H,8-11,15H2,1-2H3,(H,23,25)/b22-14+. The quantitative estimate of drug-likeness (QED) is 0.573. The predicted molar refractivity (Wildman–Crippen MR) is 114 cm³/mol. The molecular formula is C21H25N3O3S. The van der Waals surface area contributed by atoms with Crippen LogP contribution in [0.15, 0.2) is 47.6 Å². The SMILES string of the molecule is COc1cccc(C(=O)N/N=C/c2ccc(OC)c(CN3CCSCC3)c2)c1. The van der Waals surface area contributed by atoms with Crippen molar-refractivity contribution in [2.75, 3.05) is 38.8 Å². The summed E-state index contributed by atoms with van der Waals surface area (Å²) in [5, 5.41) is 4.09. The summed E-state index contributed by atoms with van der Waals surface area (Å²) < 4.78 is 10.6. The average Bonchev–Trinajstić information content (AvgIpc) is 2.74. The van der Waals surface area contributed by atoms with Crippen LogP contribution in [0.1, 0.15) is 21.5 Å². The Morgan fingerprint density at radius 2 is 2.00 bits per heavy atom. The first-order chi connectivity index (χ1) is 13.7.